The highest BCUT2D eigenvalue weighted by atomic mass is 32.1. The van der Waals surface area contributed by atoms with Crippen molar-refractivity contribution < 1.29 is 9.53 Å². The van der Waals surface area contributed by atoms with Crippen LogP contribution in [0.3, 0.4) is 0 Å². The number of hydrogen-bond acceptors (Lipinski definition) is 5. The van der Waals surface area contributed by atoms with Crippen LogP contribution in [-0.2, 0) is 4.74 Å². The Hall–Kier alpha value is -1.75. The zero-order chi connectivity index (χ0) is 11.0. The Labute approximate surface area is 90.4 Å². The molecule has 1 heterocycles. The third-order valence-corrected chi connectivity index (χ3v) is 3.29. The third-order valence-electron chi connectivity index (χ3n) is 2.12. The van der Waals surface area contributed by atoms with Crippen LogP contribution in [0, 0.1) is 0 Å². The van der Waals surface area contributed by atoms with E-state index < -0.39 is 5.97 Å². The number of carbonyl (C=O) groups is 1. The van der Waals surface area contributed by atoms with E-state index in [1.807, 2.05) is 6.07 Å². The smallest absolute Gasteiger partial charge is 0.350 e. The quantitative estimate of drug-likeness (QED) is 0.570. The second-order valence-corrected chi connectivity index (χ2v) is 4.14. The van der Waals surface area contributed by atoms with Gasteiger partial charge >= 0.3 is 5.97 Å². The summed E-state index contributed by atoms with van der Waals surface area (Å²) in [6.07, 6.45) is 0. The van der Waals surface area contributed by atoms with Crippen molar-refractivity contribution in [2.75, 3.05) is 18.6 Å². The van der Waals surface area contributed by atoms with E-state index in [1.165, 1.54) is 18.4 Å². The van der Waals surface area contributed by atoms with Crippen molar-refractivity contribution in [2.24, 2.45) is 0 Å². The lowest BCUT2D eigenvalue weighted by molar-refractivity contribution is 0.0607. The second-order valence-electron chi connectivity index (χ2n) is 3.09. The standard InChI is InChI=1S/C10H10N2O2S/c1-14-10(13)9-8(12)6-4-5(11)2-3-7(6)15-9/h2-4H,11-12H2,1H3. The van der Waals surface area contributed by atoms with Crippen molar-refractivity contribution in [3.63, 3.8) is 0 Å². The molecule has 4 nitrogen and oxygen atoms in total. The van der Waals surface area contributed by atoms with Crippen molar-refractivity contribution in [3.05, 3.63) is 23.1 Å². The first kappa shape index (κ1) is 9.79. The average molecular weight is 222 g/mol. The number of benzene rings is 1. The predicted octanol–water partition coefficient (Wildman–Crippen LogP) is 1.85. The number of anilines is 2. The number of esters is 1. The molecule has 0 bridgehead atoms. The molecule has 0 spiro atoms. The normalized spacial score (nSPS) is 10.5. The monoisotopic (exact) mass is 222 g/mol. The molecule has 0 amide bonds. The Balaban J connectivity index is 2.69. The van der Waals surface area contributed by atoms with Crippen LogP contribution in [0.2, 0.25) is 0 Å². The first-order valence-electron chi connectivity index (χ1n) is 4.29. The summed E-state index contributed by atoms with van der Waals surface area (Å²) in [6.45, 7) is 0. The van der Waals surface area contributed by atoms with Crippen LogP contribution in [0.15, 0.2) is 18.2 Å². The molecule has 0 unspecified atom stereocenters. The van der Waals surface area contributed by atoms with E-state index in [0.717, 1.165) is 10.1 Å². The molecule has 5 heteroatoms. The molecule has 4 N–H and O–H groups in total. The molecule has 0 saturated heterocycles. The highest BCUT2D eigenvalue weighted by Crippen LogP contribution is 2.34. The number of nitrogen functional groups attached to an aromatic ring is 2. The van der Waals surface area contributed by atoms with Crippen LogP contribution < -0.4 is 11.5 Å². The molecule has 0 aliphatic carbocycles. The zero-order valence-corrected chi connectivity index (χ0v) is 8.93. The molecule has 0 radical (unpaired) electrons. The van der Waals surface area contributed by atoms with Crippen LogP contribution in [0.1, 0.15) is 9.67 Å². The van der Waals surface area contributed by atoms with Gasteiger partial charge in [-0.05, 0) is 18.2 Å². The maximum Gasteiger partial charge on any atom is 0.350 e. The topological polar surface area (TPSA) is 78.3 Å². The van der Waals surface area contributed by atoms with Crippen molar-refractivity contribution in [2.45, 2.75) is 0 Å². The molecule has 0 fully saturated rings. The molecular formula is C10H10N2O2S. The molecule has 0 aliphatic rings. The minimum Gasteiger partial charge on any atom is -0.465 e. The van der Waals surface area contributed by atoms with Gasteiger partial charge in [0.2, 0.25) is 0 Å². The molecule has 2 aromatic rings. The fourth-order valence-corrected chi connectivity index (χ4v) is 2.40. The van der Waals surface area contributed by atoms with Gasteiger partial charge in [-0.3, -0.25) is 0 Å². The molecule has 0 atom stereocenters. The van der Waals surface area contributed by atoms with Gasteiger partial charge in [-0.15, -0.1) is 11.3 Å². The van der Waals surface area contributed by atoms with Gasteiger partial charge < -0.3 is 16.2 Å². The van der Waals surface area contributed by atoms with Crippen LogP contribution in [0.25, 0.3) is 10.1 Å². The minimum absolute atomic E-state index is 0.410. The number of methoxy groups -OCH3 is 1. The predicted molar refractivity (Wildman–Crippen MR) is 62.0 cm³/mol. The van der Waals surface area contributed by atoms with E-state index in [1.54, 1.807) is 12.1 Å². The molecule has 78 valence electrons. The van der Waals surface area contributed by atoms with Gasteiger partial charge in [0.15, 0.2) is 0 Å². The number of fused-ring (bicyclic) bond motifs is 1. The summed E-state index contributed by atoms with van der Waals surface area (Å²) in [5.74, 6) is -0.410. The maximum atomic E-state index is 11.4. The van der Waals surface area contributed by atoms with Gasteiger partial charge in [0, 0.05) is 15.8 Å². The van der Waals surface area contributed by atoms with E-state index in [0.29, 0.717) is 16.3 Å². The van der Waals surface area contributed by atoms with E-state index in [2.05, 4.69) is 4.74 Å². The summed E-state index contributed by atoms with van der Waals surface area (Å²) in [7, 11) is 1.33. The van der Waals surface area contributed by atoms with Crippen LogP contribution in [-0.4, -0.2) is 13.1 Å². The van der Waals surface area contributed by atoms with Crippen molar-refractivity contribution >= 4 is 38.8 Å². The fourth-order valence-electron chi connectivity index (χ4n) is 1.38. The van der Waals surface area contributed by atoms with Crippen LogP contribution in [0.5, 0.6) is 0 Å². The highest BCUT2D eigenvalue weighted by molar-refractivity contribution is 7.21. The van der Waals surface area contributed by atoms with E-state index >= 15 is 0 Å². The van der Waals surface area contributed by atoms with Gasteiger partial charge in [-0.25, -0.2) is 4.79 Å². The summed E-state index contributed by atoms with van der Waals surface area (Å²) in [5, 5.41) is 0.806. The lowest BCUT2D eigenvalue weighted by Gasteiger charge is -1.96. The molecule has 15 heavy (non-hydrogen) atoms. The van der Waals surface area contributed by atoms with Crippen molar-refractivity contribution in [1.82, 2.24) is 0 Å². The number of rotatable bonds is 1. The Kier molecular flexibility index (Phi) is 2.24. The van der Waals surface area contributed by atoms with Gasteiger partial charge in [0.25, 0.3) is 0 Å². The number of thiophene rings is 1. The highest BCUT2D eigenvalue weighted by Gasteiger charge is 2.16. The summed E-state index contributed by atoms with van der Waals surface area (Å²) in [4.78, 5) is 11.8. The number of ether oxygens (including phenoxy) is 1. The Morgan fingerprint density at radius 1 is 1.40 bits per heavy atom. The lowest BCUT2D eigenvalue weighted by Crippen LogP contribution is -2.01. The second kappa shape index (κ2) is 3.43. The Bertz CT molecular complexity index is 533. The molecule has 1 aromatic heterocycles. The molecule has 1 aromatic carbocycles. The Morgan fingerprint density at radius 2 is 2.13 bits per heavy atom. The molecular weight excluding hydrogens is 212 g/mol. The first-order valence-corrected chi connectivity index (χ1v) is 5.11. The summed E-state index contributed by atoms with van der Waals surface area (Å²) in [5.41, 5.74) is 12.5. The third kappa shape index (κ3) is 1.50. The SMILES string of the molecule is COC(=O)c1sc2ccc(N)cc2c1N. The van der Waals surface area contributed by atoms with E-state index in [4.69, 9.17) is 11.5 Å². The fraction of sp³-hybridized carbons (Fsp3) is 0.100. The molecule has 0 aliphatic heterocycles. The van der Waals surface area contributed by atoms with E-state index in [9.17, 15) is 4.79 Å². The van der Waals surface area contributed by atoms with Crippen molar-refractivity contribution in [1.29, 1.82) is 0 Å². The number of hydrogen-bond donors (Lipinski definition) is 2. The molecule has 0 saturated carbocycles. The minimum atomic E-state index is -0.410. The lowest BCUT2D eigenvalue weighted by atomic mass is 10.2. The zero-order valence-electron chi connectivity index (χ0n) is 8.11. The van der Waals surface area contributed by atoms with Gasteiger partial charge in [0.1, 0.15) is 4.88 Å². The number of nitrogens with two attached hydrogens (primary N) is 2. The van der Waals surface area contributed by atoms with Crippen molar-refractivity contribution in [3.8, 4) is 0 Å². The summed E-state index contributed by atoms with van der Waals surface area (Å²) >= 11 is 1.31. The largest absolute Gasteiger partial charge is 0.465 e. The van der Waals surface area contributed by atoms with Gasteiger partial charge in [-0.1, -0.05) is 0 Å². The van der Waals surface area contributed by atoms with Crippen LogP contribution >= 0.6 is 11.3 Å². The Morgan fingerprint density at radius 3 is 2.80 bits per heavy atom. The maximum absolute atomic E-state index is 11.4. The first-order chi connectivity index (χ1) is 7.13. The van der Waals surface area contributed by atoms with Gasteiger partial charge in [0.05, 0.1) is 12.8 Å². The summed E-state index contributed by atoms with van der Waals surface area (Å²) in [6, 6.07) is 5.38. The molecule has 2 rings (SSSR count). The van der Waals surface area contributed by atoms with Gasteiger partial charge in [-0.2, -0.15) is 0 Å². The summed E-state index contributed by atoms with van der Waals surface area (Å²) < 4.78 is 5.57. The number of carbonyl (C=O) groups excluding carboxylic acids is 1. The van der Waals surface area contributed by atoms with E-state index in [-0.39, 0.29) is 0 Å². The average Bonchev–Trinajstić information content (AvgIpc) is 2.55. The van der Waals surface area contributed by atoms with Crippen LogP contribution in [0.4, 0.5) is 11.4 Å².